The summed E-state index contributed by atoms with van der Waals surface area (Å²) in [5.74, 6) is 1.36. The van der Waals surface area contributed by atoms with E-state index in [2.05, 4.69) is 5.32 Å². The zero-order valence-corrected chi connectivity index (χ0v) is 12.4. The molecule has 0 bridgehead atoms. The Labute approximate surface area is 119 Å². The van der Waals surface area contributed by atoms with Gasteiger partial charge in [0.05, 0.1) is 14.2 Å². The van der Waals surface area contributed by atoms with E-state index in [-0.39, 0.29) is 12.5 Å². The van der Waals surface area contributed by atoms with Gasteiger partial charge in [0.15, 0.2) is 18.1 Å². The number of likely N-dealkylation sites (N-methyl/N-ethyl adjacent to an activating group) is 1. The largest absolute Gasteiger partial charge is 0.493 e. The van der Waals surface area contributed by atoms with Crippen molar-refractivity contribution in [2.45, 2.75) is 0 Å². The second kappa shape index (κ2) is 8.27. The van der Waals surface area contributed by atoms with Crippen LogP contribution in [-0.4, -0.2) is 58.8 Å². The fourth-order valence-electron chi connectivity index (χ4n) is 1.58. The molecule has 1 aromatic carbocycles. The van der Waals surface area contributed by atoms with E-state index in [9.17, 15) is 4.79 Å². The molecule has 0 fully saturated rings. The highest BCUT2D eigenvalue weighted by Crippen LogP contribution is 2.36. The molecule has 0 radical (unpaired) electrons. The molecule has 0 aromatic heterocycles. The summed E-state index contributed by atoms with van der Waals surface area (Å²) in [6, 6.07) is 5.28. The second-order valence-corrected chi connectivity index (χ2v) is 4.43. The van der Waals surface area contributed by atoms with Gasteiger partial charge < -0.3 is 24.4 Å². The van der Waals surface area contributed by atoms with Crippen molar-refractivity contribution < 1.29 is 19.0 Å². The van der Waals surface area contributed by atoms with Crippen LogP contribution in [0.4, 0.5) is 0 Å². The summed E-state index contributed by atoms with van der Waals surface area (Å²) in [6.45, 7) is 1.32. The molecule has 6 heteroatoms. The number of hydrogen-bond donors (Lipinski definition) is 1. The molecular weight excluding hydrogens is 260 g/mol. The maximum absolute atomic E-state index is 11.6. The van der Waals surface area contributed by atoms with Crippen LogP contribution in [0.1, 0.15) is 0 Å². The predicted molar refractivity (Wildman–Crippen MR) is 76.6 cm³/mol. The molecule has 0 aliphatic carbocycles. The van der Waals surface area contributed by atoms with Crippen LogP contribution >= 0.6 is 0 Å². The van der Waals surface area contributed by atoms with Crippen molar-refractivity contribution in [3.05, 3.63) is 18.2 Å². The van der Waals surface area contributed by atoms with Crippen molar-refractivity contribution in [1.82, 2.24) is 10.2 Å². The average Bonchev–Trinajstić information content (AvgIpc) is 2.44. The highest BCUT2D eigenvalue weighted by Gasteiger charge is 2.12. The van der Waals surface area contributed by atoms with Gasteiger partial charge in [-0.2, -0.15) is 0 Å². The molecule has 0 saturated heterocycles. The van der Waals surface area contributed by atoms with Crippen LogP contribution in [0, 0.1) is 0 Å². The van der Waals surface area contributed by atoms with Crippen molar-refractivity contribution >= 4 is 5.91 Å². The van der Waals surface area contributed by atoms with E-state index in [1.165, 1.54) is 7.11 Å². The first-order valence-electron chi connectivity index (χ1n) is 6.33. The number of methoxy groups -OCH3 is 2. The standard InChI is InChI=1S/C14H22N2O4/c1-16(2)9-8-15-13(17)10-20-12-7-5-6-11(18-3)14(12)19-4/h5-7H,8-10H2,1-4H3,(H,15,17). The number of para-hydroxylation sites is 1. The number of nitrogens with one attached hydrogen (secondary N) is 1. The number of carbonyl (C=O) groups is 1. The van der Waals surface area contributed by atoms with Crippen LogP contribution < -0.4 is 19.5 Å². The van der Waals surface area contributed by atoms with Crippen LogP contribution in [0.3, 0.4) is 0 Å². The van der Waals surface area contributed by atoms with Crippen LogP contribution in [0.2, 0.25) is 0 Å². The zero-order chi connectivity index (χ0) is 15.0. The van der Waals surface area contributed by atoms with E-state index in [1.807, 2.05) is 19.0 Å². The van der Waals surface area contributed by atoms with Crippen molar-refractivity contribution in [2.75, 3.05) is 48.0 Å². The van der Waals surface area contributed by atoms with Gasteiger partial charge >= 0.3 is 0 Å². The van der Waals surface area contributed by atoms with E-state index < -0.39 is 0 Å². The van der Waals surface area contributed by atoms with Crippen molar-refractivity contribution in [3.63, 3.8) is 0 Å². The molecule has 1 aromatic rings. The quantitative estimate of drug-likeness (QED) is 0.763. The zero-order valence-electron chi connectivity index (χ0n) is 12.4. The van der Waals surface area contributed by atoms with E-state index in [1.54, 1.807) is 25.3 Å². The molecule has 1 amide bonds. The lowest BCUT2D eigenvalue weighted by Gasteiger charge is -2.14. The number of hydrogen-bond acceptors (Lipinski definition) is 5. The van der Waals surface area contributed by atoms with E-state index in [0.29, 0.717) is 23.8 Å². The molecule has 0 aliphatic rings. The Morgan fingerprint density at radius 3 is 2.50 bits per heavy atom. The summed E-state index contributed by atoms with van der Waals surface area (Å²) in [6.07, 6.45) is 0. The van der Waals surface area contributed by atoms with Crippen LogP contribution in [0.25, 0.3) is 0 Å². The third-order valence-corrected chi connectivity index (χ3v) is 2.61. The Morgan fingerprint density at radius 2 is 1.90 bits per heavy atom. The monoisotopic (exact) mass is 282 g/mol. The third-order valence-electron chi connectivity index (χ3n) is 2.61. The van der Waals surface area contributed by atoms with Crippen molar-refractivity contribution in [3.8, 4) is 17.2 Å². The summed E-state index contributed by atoms with van der Waals surface area (Å²) in [7, 11) is 6.98. The lowest BCUT2D eigenvalue weighted by molar-refractivity contribution is -0.123. The van der Waals surface area contributed by atoms with E-state index >= 15 is 0 Å². The van der Waals surface area contributed by atoms with Gasteiger partial charge in [0, 0.05) is 13.1 Å². The number of nitrogens with zero attached hydrogens (tertiary/aromatic N) is 1. The van der Waals surface area contributed by atoms with E-state index in [0.717, 1.165) is 6.54 Å². The first-order chi connectivity index (χ1) is 9.58. The molecule has 0 atom stereocenters. The Hall–Kier alpha value is -1.95. The Bertz CT molecular complexity index is 435. The smallest absolute Gasteiger partial charge is 0.257 e. The second-order valence-electron chi connectivity index (χ2n) is 4.43. The normalized spacial score (nSPS) is 10.2. The highest BCUT2D eigenvalue weighted by molar-refractivity contribution is 5.77. The first-order valence-corrected chi connectivity index (χ1v) is 6.33. The Kier molecular flexibility index (Phi) is 6.66. The molecule has 1 N–H and O–H groups in total. The summed E-state index contributed by atoms with van der Waals surface area (Å²) in [5, 5.41) is 2.77. The first kappa shape index (κ1) is 16.1. The molecular formula is C14H22N2O4. The van der Waals surface area contributed by atoms with Crippen LogP contribution in [0.15, 0.2) is 18.2 Å². The molecule has 112 valence electrons. The van der Waals surface area contributed by atoms with Gasteiger partial charge in [-0.05, 0) is 26.2 Å². The van der Waals surface area contributed by atoms with Crippen LogP contribution in [-0.2, 0) is 4.79 Å². The number of ether oxygens (including phenoxy) is 3. The minimum absolute atomic E-state index is 0.0586. The minimum Gasteiger partial charge on any atom is -0.493 e. The third kappa shape index (κ3) is 4.97. The number of benzene rings is 1. The fraction of sp³-hybridized carbons (Fsp3) is 0.500. The molecule has 6 nitrogen and oxygen atoms in total. The van der Waals surface area contributed by atoms with Gasteiger partial charge in [-0.15, -0.1) is 0 Å². The van der Waals surface area contributed by atoms with Crippen molar-refractivity contribution in [2.24, 2.45) is 0 Å². The molecule has 0 aliphatic heterocycles. The van der Waals surface area contributed by atoms with Gasteiger partial charge in [-0.3, -0.25) is 4.79 Å². The van der Waals surface area contributed by atoms with Crippen LogP contribution in [0.5, 0.6) is 17.2 Å². The summed E-state index contributed by atoms with van der Waals surface area (Å²) in [5.41, 5.74) is 0. The molecule has 0 unspecified atom stereocenters. The molecule has 1 rings (SSSR count). The molecule has 0 spiro atoms. The molecule has 0 saturated carbocycles. The van der Waals surface area contributed by atoms with Gasteiger partial charge in [0.2, 0.25) is 5.75 Å². The fourth-order valence-corrected chi connectivity index (χ4v) is 1.58. The van der Waals surface area contributed by atoms with Gasteiger partial charge in [0.1, 0.15) is 0 Å². The Balaban J connectivity index is 2.51. The summed E-state index contributed by atoms with van der Waals surface area (Å²) < 4.78 is 15.8. The van der Waals surface area contributed by atoms with Gasteiger partial charge in [-0.25, -0.2) is 0 Å². The van der Waals surface area contributed by atoms with E-state index in [4.69, 9.17) is 14.2 Å². The average molecular weight is 282 g/mol. The number of rotatable bonds is 8. The SMILES string of the molecule is COc1cccc(OCC(=O)NCCN(C)C)c1OC. The predicted octanol–water partition coefficient (Wildman–Crippen LogP) is 0.760. The Morgan fingerprint density at radius 1 is 1.20 bits per heavy atom. The lowest BCUT2D eigenvalue weighted by Crippen LogP contribution is -2.34. The van der Waals surface area contributed by atoms with Gasteiger partial charge in [0.25, 0.3) is 5.91 Å². The van der Waals surface area contributed by atoms with Gasteiger partial charge in [-0.1, -0.05) is 6.07 Å². The maximum Gasteiger partial charge on any atom is 0.257 e. The number of amides is 1. The highest BCUT2D eigenvalue weighted by atomic mass is 16.5. The minimum atomic E-state index is -0.170. The maximum atomic E-state index is 11.6. The lowest BCUT2D eigenvalue weighted by atomic mass is 10.3. The topological polar surface area (TPSA) is 60.0 Å². The van der Waals surface area contributed by atoms with Crippen molar-refractivity contribution in [1.29, 1.82) is 0 Å². The summed E-state index contributed by atoms with van der Waals surface area (Å²) >= 11 is 0. The molecule has 0 heterocycles. The summed E-state index contributed by atoms with van der Waals surface area (Å²) in [4.78, 5) is 13.6. The molecule has 20 heavy (non-hydrogen) atoms. The number of carbonyl (C=O) groups excluding carboxylic acids is 1.